The summed E-state index contributed by atoms with van der Waals surface area (Å²) >= 11 is 0. The molecule has 0 radical (unpaired) electrons. The van der Waals surface area contributed by atoms with Gasteiger partial charge in [0.25, 0.3) is 0 Å². The maximum absolute atomic E-state index is 11.2. The first kappa shape index (κ1) is 13.3. The highest BCUT2D eigenvalue weighted by Gasteiger charge is 2.20. The normalized spacial score (nSPS) is 12.4. The summed E-state index contributed by atoms with van der Waals surface area (Å²) in [5.74, 6) is -1.33. The van der Waals surface area contributed by atoms with Crippen LogP contribution in [-0.4, -0.2) is 20.7 Å². The quantitative estimate of drug-likeness (QED) is 0.819. The molecule has 0 aliphatic rings. The summed E-state index contributed by atoms with van der Waals surface area (Å²) in [6, 6.07) is 0.450. The van der Waals surface area contributed by atoms with Crippen molar-refractivity contribution in [3.8, 4) is 5.75 Å². The predicted octanol–water partition coefficient (Wildman–Crippen LogP) is 1.68. The molecule has 2 N–H and O–H groups in total. The van der Waals surface area contributed by atoms with Gasteiger partial charge in [-0.25, -0.2) is 4.79 Å². The molecule has 1 aromatic heterocycles. The van der Waals surface area contributed by atoms with Crippen molar-refractivity contribution in [1.82, 2.24) is 4.57 Å². The van der Waals surface area contributed by atoms with Crippen LogP contribution in [0.15, 0.2) is 17.1 Å². The van der Waals surface area contributed by atoms with Gasteiger partial charge in [0.05, 0.1) is 5.69 Å². The number of nitrogens with zero attached hydrogens (tertiary/aromatic N) is 1. The van der Waals surface area contributed by atoms with Crippen LogP contribution in [0.3, 0.4) is 0 Å². The summed E-state index contributed by atoms with van der Waals surface area (Å²) in [6.07, 6.45) is 3.58. The van der Waals surface area contributed by atoms with Crippen molar-refractivity contribution in [2.75, 3.05) is 0 Å². The average Bonchev–Trinajstić information content (AvgIpc) is 2.28. The number of carboxylic acids is 1. The van der Waals surface area contributed by atoms with Crippen LogP contribution in [0.25, 0.3) is 0 Å². The Labute approximate surface area is 99.3 Å². The number of hydrogen-bond acceptors (Lipinski definition) is 3. The molecule has 0 aliphatic heterocycles. The van der Waals surface area contributed by atoms with Crippen LogP contribution in [0.5, 0.6) is 5.75 Å². The number of aromatic hydroxyl groups is 1. The van der Waals surface area contributed by atoms with Crippen LogP contribution in [0.4, 0.5) is 0 Å². The zero-order chi connectivity index (χ0) is 13.0. The zero-order valence-corrected chi connectivity index (χ0v) is 10.0. The maximum atomic E-state index is 11.2. The van der Waals surface area contributed by atoms with Crippen molar-refractivity contribution in [3.63, 3.8) is 0 Å². The lowest BCUT2D eigenvalue weighted by Gasteiger charge is -2.19. The van der Waals surface area contributed by atoms with Gasteiger partial charge >= 0.3 is 5.97 Å². The van der Waals surface area contributed by atoms with E-state index in [2.05, 4.69) is 0 Å². The van der Waals surface area contributed by atoms with Gasteiger partial charge in [0.2, 0.25) is 5.43 Å². The molecule has 0 aromatic carbocycles. The van der Waals surface area contributed by atoms with Crippen molar-refractivity contribution in [3.05, 3.63) is 28.2 Å². The van der Waals surface area contributed by atoms with E-state index in [4.69, 9.17) is 5.11 Å². The van der Waals surface area contributed by atoms with Crippen LogP contribution in [0.2, 0.25) is 0 Å². The van der Waals surface area contributed by atoms with Crippen LogP contribution < -0.4 is 5.43 Å². The molecule has 5 heteroatoms. The molecule has 1 atom stereocenters. The summed E-state index contributed by atoms with van der Waals surface area (Å²) in [4.78, 5) is 22.4. The van der Waals surface area contributed by atoms with E-state index >= 15 is 0 Å². The Bertz CT molecular complexity index is 464. The van der Waals surface area contributed by atoms with Crippen LogP contribution >= 0.6 is 0 Å². The second kappa shape index (κ2) is 5.52. The largest absolute Gasteiger partial charge is 0.503 e. The summed E-state index contributed by atoms with van der Waals surface area (Å²) in [7, 11) is 0. The summed E-state index contributed by atoms with van der Waals surface area (Å²) in [5, 5.41) is 18.7. The number of pyridine rings is 1. The summed E-state index contributed by atoms with van der Waals surface area (Å²) < 4.78 is 1.44. The summed E-state index contributed by atoms with van der Waals surface area (Å²) in [5.41, 5.74) is -0.195. The van der Waals surface area contributed by atoms with Crippen LogP contribution in [0.1, 0.15) is 37.9 Å². The number of carboxylic acid groups (broad SMARTS) is 1. The van der Waals surface area contributed by atoms with Crippen molar-refractivity contribution < 1.29 is 15.0 Å². The molecule has 1 rings (SSSR count). The number of unbranched alkanes of at least 4 members (excludes halogenated alkanes) is 1. The number of aromatic nitrogens is 1. The molecular weight excluding hydrogens is 222 g/mol. The highest BCUT2D eigenvalue weighted by Crippen LogP contribution is 2.20. The number of carbonyl (C=O) groups is 1. The summed E-state index contributed by atoms with van der Waals surface area (Å²) in [6.45, 7) is 3.52. The molecule has 0 amide bonds. The van der Waals surface area contributed by atoms with E-state index in [9.17, 15) is 14.7 Å². The van der Waals surface area contributed by atoms with Crippen molar-refractivity contribution in [2.45, 2.75) is 39.2 Å². The van der Waals surface area contributed by atoms with Crippen molar-refractivity contribution >= 4 is 5.97 Å². The van der Waals surface area contributed by atoms with E-state index in [0.717, 1.165) is 12.8 Å². The predicted molar refractivity (Wildman–Crippen MR) is 63.3 cm³/mol. The second-order valence-corrected chi connectivity index (χ2v) is 4.02. The van der Waals surface area contributed by atoms with Crippen molar-refractivity contribution in [2.24, 2.45) is 0 Å². The SMILES string of the molecule is CCCCC(C(=O)O)n1ccc(=O)c(O)c1C. The third-order valence-corrected chi connectivity index (χ3v) is 2.80. The molecule has 0 bridgehead atoms. The fourth-order valence-corrected chi connectivity index (χ4v) is 1.76. The Morgan fingerprint density at radius 1 is 1.53 bits per heavy atom. The fourth-order valence-electron chi connectivity index (χ4n) is 1.76. The van der Waals surface area contributed by atoms with Gasteiger partial charge < -0.3 is 14.8 Å². The van der Waals surface area contributed by atoms with Crippen molar-refractivity contribution in [1.29, 1.82) is 0 Å². The second-order valence-electron chi connectivity index (χ2n) is 4.02. The Morgan fingerprint density at radius 3 is 2.71 bits per heavy atom. The topological polar surface area (TPSA) is 79.5 Å². The van der Waals surface area contributed by atoms with Gasteiger partial charge in [-0.05, 0) is 13.3 Å². The minimum Gasteiger partial charge on any atom is -0.503 e. The smallest absolute Gasteiger partial charge is 0.326 e. The molecule has 0 aliphatic carbocycles. The highest BCUT2D eigenvalue weighted by atomic mass is 16.4. The number of aliphatic carboxylic acids is 1. The van der Waals surface area contributed by atoms with E-state index in [1.807, 2.05) is 6.92 Å². The van der Waals surface area contributed by atoms with Gasteiger partial charge in [0, 0.05) is 12.3 Å². The van der Waals surface area contributed by atoms with Gasteiger partial charge in [-0.15, -0.1) is 0 Å². The molecule has 17 heavy (non-hydrogen) atoms. The minimum absolute atomic E-state index is 0.293. The monoisotopic (exact) mass is 239 g/mol. The van der Waals surface area contributed by atoms with Gasteiger partial charge in [-0.3, -0.25) is 4.79 Å². The first-order valence-corrected chi connectivity index (χ1v) is 5.62. The fraction of sp³-hybridized carbons (Fsp3) is 0.500. The zero-order valence-electron chi connectivity index (χ0n) is 10.0. The van der Waals surface area contributed by atoms with Gasteiger partial charge in [-0.1, -0.05) is 19.8 Å². The Morgan fingerprint density at radius 2 is 2.18 bits per heavy atom. The Hall–Kier alpha value is -1.78. The maximum Gasteiger partial charge on any atom is 0.326 e. The first-order chi connectivity index (χ1) is 7.99. The van der Waals surface area contributed by atoms with Crippen LogP contribution in [-0.2, 0) is 4.79 Å². The molecule has 0 saturated heterocycles. The first-order valence-electron chi connectivity index (χ1n) is 5.62. The minimum atomic E-state index is -0.954. The lowest BCUT2D eigenvalue weighted by atomic mass is 10.1. The van der Waals surface area contributed by atoms with Gasteiger partial charge in [-0.2, -0.15) is 0 Å². The Balaban J connectivity index is 3.15. The molecule has 94 valence electrons. The molecule has 1 aromatic rings. The number of rotatable bonds is 5. The Kier molecular flexibility index (Phi) is 4.31. The molecule has 0 fully saturated rings. The van der Waals surface area contributed by atoms with Gasteiger partial charge in [0.15, 0.2) is 5.75 Å². The lowest BCUT2D eigenvalue weighted by molar-refractivity contribution is -0.141. The van der Waals surface area contributed by atoms with E-state index < -0.39 is 17.4 Å². The molecule has 0 saturated carbocycles. The highest BCUT2D eigenvalue weighted by molar-refractivity contribution is 5.72. The van der Waals surface area contributed by atoms with Gasteiger partial charge in [0.1, 0.15) is 6.04 Å². The van der Waals surface area contributed by atoms with E-state index in [0.29, 0.717) is 12.1 Å². The van der Waals surface area contributed by atoms with E-state index in [-0.39, 0.29) is 5.75 Å². The molecule has 0 spiro atoms. The standard InChI is InChI=1S/C12H17NO4/c1-3-4-5-9(12(16)17)13-7-6-10(14)11(15)8(13)2/h6-7,9,15H,3-5H2,1-2H3,(H,16,17). The lowest BCUT2D eigenvalue weighted by Crippen LogP contribution is -2.22. The third-order valence-electron chi connectivity index (χ3n) is 2.80. The molecular formula is C12H17NO4. The molecule has 5 nitrogen and oxygen atoms in total. The molecule has 1 heterocycles. The van der Waals surface area contributed by atoms with Crippen LogP contribution in [0, 0.1) is 6.92 Å². The van der Waals surface area contributed by atoms with E-state index in [1.165, 1.54) is 16.8 Å². The van der Waals surface area contributed by atoms with E-state index in [1.54, 1.807) is 6.92 Å². The molecule has 1 unspecified atom stereocenters. The average molecular weight is 239 g/mol. The third kappa shape index (κ3) is 2.87. The number of hydrogen-bond donors (Lipinski definition) is 2.